The van der Waals surface area contributed by atoms with Crippen molar-refractivity contribution in [1.82, 2.24) is 4.90 Å². The quantitative estimate of drug-likeness (QED) is 0.786. The fourth-order valence-electron chi connectivity index (χ4n) is 3.00. The summed E-state index contributed by atoms with van der Waals surface area (Å²) < 4.78 is 5.28. The van der Waals surface area contributed by atoms with E-state index in [-0.39, 0.29) is 10.6 Å². The molecule has 0 aliphatic carbocycles. The Balaban J connectivity index is 2.12. The van der Waals surface area contributed by atoms with Gasteiger partial charge in [0.25, 0.3) is 0 Å². The van der Waals surface area contributed by atoms with Gasteiger partial charge in [-0.25, -0.2) is 4.79 Å². The van der Waals surface area contributed by atoms with Gasteiger partial charge in [-0.2, -0.15) is 0 Å². The van der Waals surface area contributed by atoms with Gasteiger partial charge in [0, 0.05) is 5.56 Å². The number of rotatable bonds is 6. The first-order valence-electron chi connectivity index (χ1n) is 7.65. The molecule has 5 nitrogen and oxygen atoms in total. The molecule has 0 bridgehead atoms. The molecular weight excluding hydrogens is 304 g/mol. The van der Waals surface area contributed by atoms with E-state index >= 15 is 0 Å². The second-order valence-electron chi connectivity index (χ2n) is 5.64. The van der Waals surface area contributed by atoms with Crippen LogP contribution in [0.4, 0.5) is 5.69 Å². The van der Waals surface area contributed by atoms with Gasteiger partial charge >= 0.3 is 5.97 Å². The highest BCUT2D eigenvalue weighted by atomic mass is 35.5. The molecule has 2 rings (SSSR count). The molecule has 0 amide bonds. The van der Waals surface area contributed by atoms with Gasteiger partial charge < -0.3 is 20.5 Å². The minimum absolute atomic E-state index is 0.0645. The van der Waals surface area contributed by atoms with Gasteiger partial charge in [-0.05, 0) is 51.4 Å². The fraction of sp³-hybridized carbons (Fsp3) is 0.562. The summed E-state index contributed by atoms with van der Waals surface area (Å²) >= 11 is 6.07. The van der Waals surface area contributed by atoms with Crippen LogP contribution >= 0.6 is 11.6 Å². The van der Waals surface area contributed by atoms with E-state index in [2.05, 4.69) is 4.90 Å². The van der Waals surface area contributed by atoms with Gasteiger partial charge in [0.05, 0.1) is 17.8 Å². The van der Waals surface area contributed by atoms with E-state index in [1.165, 1.54) is 32.4 Å². The first kappa shape index (κ1) is 16.9. The first-order chi connectivity index (χ1) is 10.5. The summed E-state index contributed by atoms with van der Waals surface area (Å²) in [4.78, 5) is 13.8. The molecule has 1 aromatic rings. The number of halogens is 1. The van der Waals surface area contributed by atoms with Crippen LogP contribution in [0.3, 0.4) is 0 Å². The van der Waals surface area contributed by atoms with E-state index in [4.69, 9.17) is 22.1 Å². The van der Waals surface area contributed by atoms with Crippen molar-refractivity contribution in [3.8, 4) is 5.75 Å². The molecule has 1 fully saturated rings. The van der Waals surface area contributed by atoms with Crippen LogP contribution in [0.5, 0.6) is 5.75 Å². The Morgan fingerprint density at radius 2 is 2.09 bits per heavy atom. The predicted molar refractivity (Wildman–Crippen MR) is 88.0 cm³/mol. The second-order valence-corrected chi connectivity index (χ2v) is 6.05. The van der Waals surface area contributed by atoms with Gasteiger partial charge in [0.2, 0.25) is 0 Å². The summed E-state index contributed by atoms with van der Waals surface area (Å²) in [6.07, 6.45) is 5.39. The monoisotopic (exact) mass is 326 g/mol. The number of anilines is 1. The molecule has 0 unspecified atom stereocenters. The number of hydrogen-bond donors (Lipinski definition) is 2. The maximum absolute atomic E-state index is 11.3. The molecule has 1 saturated heterocycles. The summed E-state index contributed by atoms with van der Waals surface area (Å²) in [5, 5.41) is 9.55. The molecule has 1 heterocycles. The maximum atomic E-state index is 11.3. The molecule has 3 N–H and O–H groups in total. The van der Waals surface area contributed by atoms with Crippen molar-refractivity contribution < 1.29 is 14.6 Å². The molecule has 1 aliphatic rings. The number of nitrogen functional groups attached to an aromatic ring is 1. The number of nitrogens with zero attached hydrogens (tertiary/aromatic N) is 1. The van der Waals surface area contributed by atoms with Crippen LogP contribution in [0.2, 0.25) is 5.02 Å². The number of ether oxygens (including phenoxy) is 1. The van der Waals surface area contributed by atoms with Crippen LogP contribution in [0.1, 0.15) is 41.6 Å². The Bertz CT molecular complexity index is 543. The third-order valence-electron chi connectivity index (χ3n) is 4.16. The summed E-state index contributed by atoms with van der Waals surface area (Å²) in [6.45, 7) is 3.27. The molecule has 0 atom stereocenters. The van der Waals surface area contributed by atoms with Crippen LogP contribution in [0.15, 0.2) is 6.07 Å². The van der Waals surface area contributed by atoms with Crippen LogP contribution in [0.25, 0.3) is 0 Å². The van der Waals surface area contributed by atoms with Crippen molar-refractivity contribution in [2.75, 3.05) is 32.5 Å². The smallest absolute Gasteiger partial charge is 0.339 e. The lowest BCUT2D eigenvalue weighted by molar-refractivity contribution is 0.0693. The minimum atomic E-state index is -1.06. The molecule has 0 radical (unpaired) electrons. The lowest BCUT2D eigenvalue weighted by Gasteiger charge is -2.26. The largest absolute Gasteiger partial charge is 0.495 e. The molecule has 22 heavy (non-hydrogen) atoms. The highest BCUT2D eigenvalue weighted by molar-refractivity contribution is 6.33. The fourth-order valence-corrected chi connectivity index (χ4v) is 3.22. The summed E-state index contributed by atoms with van der Waals surface area (Å²) in [7, 11) is 1.46. The molecule has 6 heteroatoms. The van der Waals surface area contributed by atoms with Gasteiger partial charge in [-0.3, -0.25) is 0 Å². The number of benzene rings is 1. The van der Waals surface area contributed by atoms with Crippen molar-refractivity contribution in [2.45, 2.75) is 32.1 Å². The number of nitrogens with two attached hydrogens (primary N) is 1. The highest BCUT2D eigenvalue weighted by Crippen LogP contribution is 2.36. The Morgan fingerprint density at radius 3 is 2.68 bits per heavy atom. The second kappa shape index (κ2) is 7.70. The number of methoxy groups -OCH3 is 1. The van der Waals surface area contributed by atoms with Crippen molar-refractivity contribution >= 4 is 23.3 Å². The highest BCUT2D eigenvalue weighted by Gasteiger charge is 2.20. The van der Waals surface area contributed by atoms with Crippen LogP contribution < -0.4 is 10.5 Å². The Morgan fingerprint density at radius 1 is 1.41 bits per heavy atom. The predicted octanol–water partition coefficient (Wildman–Crippen LogP) is 3.05. The van der Waals surface area contributed by atoms with Crippen molar-refractivity contribution in [3.05, 3.63) is 22.2 Å². The molecule has 0 spiro atoms. The number of carboxylic acids is 1. The van der Waals surface area contributed by atoms with Crippen LogP contribution in [-0.4, -0.2) is 42.7 Å². The number of carboxylic acid groups (broad SMARTS) is 1. The molecule has 1 aliphatic heterocycles. The van der Waals surface area contributed by atoms with Crippen LogP contribution in [-0.2, 0) is 6.42 Å². The van der Waals surface area contributed by atoms with E-state index in [1.807, 2.05) is 0 Å². The zero-order valence-electron chi connectivity index (χ0n) is 12.9. The third-order valence-corrected chi connectivity index (χ3v) is 4.47. The zero-order valence-corrected chi connectivity index (χ0v) is 13.7. The zero-order chi connectivity index (χ0) is 16.1. The van der Waals surface area contributed by atoms with E-state index in [1.54, 1.807) is 0 Å². The minimum Gasteiger partial charge on any atom is -0.495 e. The topological polar surface area (TPSA) is 75.8 Å². The van der Waals surface area contributed by atoms with Crippen molar-refractivity contribution in [1.29, 1.82) is 0 Å². The Hall–Kier alpha value is -1.46. The summed E-state index contributed by atoms with van der Waals surface area (Å²) in [5.41, 5.74) is 7.21. The number of carbonyl (C=O) groups is 1. The lowest BCUT2D eigenvalue weighted by atomic mass is 10.0. The molecule has 0 aromatic heterocycles. The standard InChI is InChI=1S/C16H23ClN2O3/c1-22-15-11(6-5-9-19-7-3-2-4-8-19)14(18)13(17)10-12(15)16(20)21/h10H,2-9,18H2,1H3,(H,20,21). The molecule has 0 saturated carbocycles. The van der Waals surface area contributed by atoms with Gasteiger partial charge in [-0.15, -0.1) is 0 Å². The number of likely N-dealkylation sites (tertiary alicyclic amines) is 1. The number of hydrogen-bond acceptors (Lipinski definition) is 4. The Labute approximate surface area is 136 Å². The van der Waals surface area contributed by atoms with Crippen molar-refractivity contribution in [2.24, 2.45) is 0 Å². The molecule has 122 valence electrons. The average Bonchev–Trinajstić information content (AvgIpc) is 2.52. The van der Waals surface area contributed by atoms with E-state index < -0.39 is 5.97 Å². The van der Waals surface area contributed by atoms with Gasteiger partial charge in [0.15, 0.2) is 0 Å². The van der Waals surface area contributed by atoms with E-state index in [0.717, 1.165) is 26.1 Å². The van der Waals surface area contributed by atoms with Gasteiger partial charge in [-0.1, -0.05) is 18.0 Å². The number of aromatic carboxylic acids is 1. The summed E-state index contributed by atoms with van der Waals surface area (Å²) in [6, 6.07) is 1.35. The third kappa shape index (κ3) is 3.84. The first-order valence-corrected chi connectivity index (χ1v) is 8.03. The SMILES string of the molecule is COc1c(C(=O)O)cc(Cl)c(N)c1CCCN1CCCCC1. The maximum Gasteiger partial charge on any atom is 0.339 e. The Kier molecular flexibility index (Phi) is 5.91. The number of piperidine rings is 1. The summed E-state index contributed by atoms with van der Waals surface area (Å²) in [5.74, 6) is -0.732. The van der Waals surface area contributed by atoms with Gasteiger partial charge in [0.1, 0.15) is 11.3 Å². The average molecular weight is 327 g/mol. The lowest BCUT2D eigenvalue weighted by Crippen LogP contribution is -2.30. The van der Waals surface area contributed by atoms with Crippen LogP contribution in [0, 0.1) is 0 Å². The van der Waals surface area contributed by atoms with Crippen molar-refractivity contribution in [3.63, 3.8) is 0 Å². The molecule has 1 aromatic carbocycles. The normalized spacial score (nSPS) is 15.7. The van der Waals surface area contributed by atoms with E-state index in [9.17, 15) is 9.90 Å². The van der Waals surface area contributed by atoms with E-state index in [0.29, 0.717) is 23.4 Å². The molecular formula is C16H23ClN2O3.